The van der Waals surface area contributed by atoms with E-state index in [4.69, 9.17) is 0 Å². The van der Waals surface area contributed by atoms with Gasteiger partial charge in [-0.1, -0.05) is 0 Å². The smallest absolute Gasteiger partial charge is 1.00 e. The third kappa shape index (κ3) is 23.1. The summed E-state index contributed by atoms with van der Waals surface area (Å²) < 4.78 is 0. The molecule has 0 saturated heterocycles. The molecule has 0 bridgehead atoms. The third-order valence-electron chi connectivity index (χ3n) is 0. The first-order valence-corrected chi connectivity index (χ1v) is 0. The largest absolute Gasteiger partial charge is 2.00 e. The van der Waals surface area contributed by atoms with Crippen LogP contribution in [0.2, 0.25) is 0 Å². The summed E-state index contributed by atoms with van der Waals surface area (Å²) in [7, 11) is 0. The van der Waals surface area contributed by atoms with Crippen molar-refractivity contribution < 1.29 is 8.56 Å². The number of hydrogen-bond donors (Lipinski definition) is 0. The van der Waals surface area contributed by atoms with Gasteiger partial charge in [0.25, 0.3) is 0 Å². The molecule has 0 radical (unpaired) electrons. The molecule has 36 valence electrons. The van der Waals surface area contributed by atoms with Crippen LogP contribution in [0.25, 0.3) is 0 Å². The average molecular weight is 401 g/mol. The van der Waals surface area contributed by atoms with E-state index in [1.165, 1.54) is 0 Å². The zero-order valence-corrected chi connectivity index (χ0v) is 15.6. The fourth-order valence-electron chi connectivity index (χ4n) is 0. The molecule has 0 fully saturated rings. The molecule has 0 unspecified atom stereocenters. The molecule has 0 aromatic heterocycles. The molecule has 0 heterocycles. The predicted octanol–water partition coefficient (Wildman–Crippen LogP) is 1.27. The maximum atomic E-state index is 0. The predicted molar refractivity (Wildman–Crippen MR) is 54.9 cm³/mol. The Morgan fingerprint density at radius 2 is 0.833 bits per heavy atom. The van der Waals surface area contributed by atoms with Gasteiger partial charge in [-0.15, -0.1) is 50.9 Å². The van der Waals surface area contributed by atoms with Gasteiger partial charge in [0.1, 0.15) is 0 Å². The SMILES string of the molecule is Br.Br.Br.[Ca+2].[H-].[H-].[H-].[H-].[H-].[H-].[Mg+2].[Sr+2]. The van der Waals surface area contributed by atoms with Crippen LogP contribution in [0, 0.1) is 0 Å². The van der Waals surface area contributed by atoms with Gasteiger partial charge in [-0.25, -0.2) is 0 Å². The standard InChI is InChI=1S/3BrH.Ca.Mg.Sr.6H/h3*1H;;;;;;;;;/q;;;3*+2;6*-1. The summed E-state index contributed by atoms with van der Waals surface area (Å²) in [6.45, 7) is 0. The van der Waals surface area contributed by atoms with E-state index in [1.54, 1.807) is 0 Å². The minimum atomic E-state index is 0. The first-order chi connectivity index (χ1) is 0. The van der Waals surface area contributed by atoms with Crippen molar-refractivity contribution >= 4 is 157 Å². The zero-order valence-electron chi connectivity index (χ0n) is 9.35. The van der Waals surface area contributed by atoms with Gasteiger partial charge in [0.15, 0.2) is 0 Å². The molecular weight excluding hydrogens is 392 g/mol. The van der Waals surface area contributed by atoms with Crippen molar-refractivity contribution in [2.24, 2.45) is 0 Å². The Kier molecular flexibility index (Phi) is 240. The van der Waals surface area contributed by atoms with Crippen molar-refractivity contribution in [3.8, 4) is 0 Å². The van der Waals surface area contributed by atoms with Crippen LogP contribution < -0.4 is 0 Å². The molecule has 0 aliphatic carbocycles. The van der Waals surface area contributed by atoms with Gasteiger partial charge in [-0.05, 0) is 0 Å². The molecule has 0 amide bonds. The van der Waals surface area contributed by atoms with Crippen LogP contribution in [-0.4, -0.2) is 106 Å². The number of halogens is 3. The van der Waals surface area contributed by atoms with Crippen molar-refractivity contribution in [1.82, 2.24) is 0 Å². The van der Waals surface area contributed by atoms with Gasteiger partial charge >= 0.3 is 106 Å². The normalized spacial score (nSPS) is 0. The van der Waals surface area contributed by atoms with Crippen LogP contribution in [0.5, 0.6) is 0 Å². The number of rotatable bonds is 0. The van der Waals surface area contributed by atoms with Crippen molar-refractivity contribution in [2.75, 3.05) is 0 Å². The van der Waals surface area contributed by atoms with Gasteiger partial charge < -0.3 is 8.56 Å². The first kappa shape index (κ1) is 44.3. The van der Waals surface area contributed by atoms with Crippen LogP contribution in [0.3, 0.4) is 0 Å². The van der Waals surface area contributed by atoms with Crippen LogP contribution >= 0.6 is 50.9 Å². The topological polar surface area (TPSA) is 0 Å². The Balaban J connectivity index is 0. The van der Waals surface area contributed by atoms with Crippen LogP contribution in [-0.2, 0) is 0 Å². The molecule has 0 aliphatic rings. The average Bonchev–Trinajstić information content (AvgIpc) is 0. The van der Waals surface area contributed by atoms with E-state index in [0.717, 1.165) is 0 Å². The Morgan fingerprint density at radius 1 is 0.833 bits per heavy atom. The van der Waals surface area contributed by atoms with Crippen molar-refractivity contribution in [3.05, 3.63) is 0 Å². The van der Waals surface area contributed by atoms with E-state index in [-0.39, 0.29) is 166 Å². The summed E-state index contributed by atoms with van der Waals surface area (Å²) in [5, 5.41) is 0. The molecule has 0 aromatic rings. The molecule has 0 rings (SSSR count). The quantitative estimate of drug-likeness (QED) is 0.537. The van der Waals surface area contributed by atoms with Crippen molar-refractivity contribution in [1.29, 1.82) is 0 Å². The minimum absolute atomic E-state index is 0. The molecular formula is H9Br3CaMgSr. The summed E-state index contributed by atoms with van der Waals surface area (Å²) in [5.41, 5.74) is 0. The fourth-order valence-corrected chi connectivity index (χ4v) is 0. The maximum Gasteiger partial charge on any atom is 2.00 e. The molecule has 6 heteroatoms. The second-order valence-corrected chi connectivity index (χ2v) is 0. The number of hydrogen-bond acceptors (Lipinski definition) is 0. The van der Waals surface area contributed by atoms with Crippen molar-refractivity contribution in [3.63, 3.8) is 0 Å². The van der Waals surface area contributed by atoms with Gasteiger partial charge in [-0.3, -0.25) is 0 Å². The zero-order chi connectivity index (χ0) is 0. The molecule has 0 aromatic carbocycles. The molecule has 0 atom stereocenters. The van der Waals surface area contributed by atoms with Gasteiger partial charge in [0.05, 0.1) is 0 Å². The fraction of sp³-hybridized carbons (Fsp3) is 0. The van der Waals surface area contributed by atoms with Gasteiger partial charge in [-0.2, -0.15) is 0 Å². The monoisotopic (exact) mass is 398 g/mol. The van der Waals surface area contributed by atoms with Gasteiger partial charge in [0.2, 0.25) is 0 Å². The maximum absolute atomic E-state index is 0. The molecule has 0 N–H and O–H groups in total. The molecule has 0 spiro atoms. The van der Waals surface area contributed by atoms with Crippen LogP contribution in [0.15, 0.2) is 0 Å². The van der Waals surface area contributed by atoms with Crippen LogP contribution in [0.4, 0.5) is 0 Å². The molecule has 6 heavy (non-hydrogen) atoms. The van der Waals surface area contributed by atoms with Gasteiger partial charge in [0, 0.05) is 0 Å². The Bertz CT molecular complexity index is 22.8. The molecule has 0 saturated carbocycles. The summed E-state index contributed by atoms with van der Waals surface area (Å²) >= 11 is 0. The second kappa shape index (κ2) is 32.5. The van der Waals surface area contributed by atoms with E-state index in [1.807, 2.05) is 0 Å². The molecule has 0 nitrogen and oxygen atoms in total. The Morgan fingerprint density at radius 3 is 0.833 bits per heavy atom. The summed E-state index contributed by atoms with van der Waals surface area (Å²) in [4.78, 5) is 0. The third-order valence-corrected chi connectivity index (χ3v) is 0. The van der Waals surface area contributed by atoms with E-state index in [2.05, 4.69) is 0 Å². The second-order valence-electron chi connectivity index (χ2n) is 0. The molecule has 0 aliphatic heterocycles. The summed E-state index contributed by atoms with van der Waals surface area (Å²) in [6, 6.07) is 0. The summed E-state index contributed by atoms with van der Waals surface area (Å²) in [5.74, 6) is 0. The Labute approximate surface area is 162 Å². The van der Waals surface area contributed by atoms with E-state index < -0.39 is 0 Å². The first-order valence-electron chi connectivity index (χ1n) is 0. The van der Waals surface area contributed by atoms with E-state index in [9.17, 15) is 0 Å². The van der Waals surface area contributed by atoms with E-state index >= 15 is 0 Å². The van der Waals surface area contributed by atoms with Crippen molar-refractivity contribution in [2.45, 2.75) is 0 Å². The Hall–Kier alpha value is 4.95. The van der Waals surface area contributed by atoms with E-state index in [0.29, 0.717) is 0 Å². The van der Waals surface area contributed by atoms with Crippen LogP contribution in [0.1, 0.15) is 8.56 Å². The summed E-state index contributed by atoms with van der Waals surface area (Å²) in [6.07, 6.45) is 0. The minimum Gasteiger partial charge on any atom is -1.00 e.